The molecule has 0 bridgehead atoms. The second-order valence-corrected chi connectivity index (χ2v) is 5.52. The van der Waals surface area contributed by atoms with Crippen molar-refractivity contribution in [3.05, 3.63) is 57.8 Å². The van der Waals surface area contributed by atoms with Crippen LogP contribution in [-0.2, 0) is 6.54 Å². The van der Waals surface area contributed by atoms with Gasteiger partial charge in [-0.1, -0.05) is 22.0 Å². The average molecular weight is 333 g/mol. The minimum Gasteiger partial charge on any atom is -0.365 e. The summed E-state index contributed by atoms with van der Waals surface area (Å²) in [4.78, 5) is 17.9. The monoisotopic (exact) mass is 332 g/mol. The number of aldehydes is 1. The van der Waals surface area contributed by atoms with Gasteiger partial charge < -0.3 is 4.90 Å². The zero-order chi connectivity index (χ0) is 14.5. The molecule has 0 fully saturated rings. The molecular weight excluding hydrogens is 316 g/mol. The normalized spacial score (nSPS) is 10.3. The van der Waals surface area contributed by atoms with E-state index in [0.717, 1.165) is 34.4 Å². The lowest BCUT2D eigenvalue weighted by Crippen LogP contribution is -2.24. The van der Waals surface area contributed by atoms with Crippen molar-refractivity contribution in [1.29, 1.82) is 0 Å². The van der Waals surface area contributed by atoms with E-state index in [-0.39, 0.29) is 0 Å². The first-order chi connectivity index (χ1) is 9.63. The number of hydrogen-bond donors (Lipinski definition) is 0. The topological polar surface area (TPSA) is 33.2 Å². The Morgan fingerprint density at radius 2 is 2.10 bits per heavy atom. The summed E-state index contributed by atoms with van der Waals surface area (Å²) in [6, 6.07) is 11.7. The third kappa shape index (κ3) is 3.45. The Balaban J connectivity index is 2.33. The van der Waals surface area contributed by atoms with Crippen LogP contribution in [0, 0.1) is 6.92 Å². The summed E-state index contributed by atoms with van der Waals surface area (Å²) in [5.74, 6) is 0. The maximum Gasteiger partial charge on any atom is 0.152 e. The van der Waals surface area contributed by atoms with Crippen molar-refractivity contribution in [2.75, 3.05) is 11.4 Å². The van der Waals surface area contributed by atoms with Gasteiger partial charge in [-0.15, -0.1) is 0 Å². The maximum atomic E-state index is 11.2. The molecule has 0 saturated carbocycles. The number of hydrogen-bond acceptors (Lipinski definition) is 3. The molecule has 0 aliphatic rings. The molecule has 0 aliphatic carbocycles. The van der Waals surface area contributed by atoms with Crippen molar-refractivity contribution in [2.45, 2.75) is 20.4 Å². The summed E-state index contributed by atoms with van der Waals surface area (Å²) in [5.41, 5.74) is 3.63. The quantitative estimate of drug-likeness (QED) is 0.776. The highest BCUT2D eigenvalue weighted by Gasteiger charge is 2.11. The molecule has 0 atom stereocenters. The van der Waals surface area contributed by atoms with Gasteiger partial charge in [0.25, 0.3) is 0 Å². The Bertz CT molecular complexity index is 613. The summed E-state index contributed by atoms with van der Waals surface area (Å²) >= 11 is 3.46. The molecule has 0 aliphatic heterocycles. The number of aromatic nitrogens is 1. The molecule has 0 amide bonds. The van der Waals surface area contributed by atoms with Gasteiger partial charge in [0.2, 0.25) is 0 Å². The second-order valence-electron chi connectivity index (χ2n) is 4.61. The number of benzene rings is 1. The first-order valence-electron chi connectivity index (χ1n) is 6.56. The van der Waals surface area contributed by atoms with E-state index in [1.54, 1.807) is 0 Å². The van der Waals surface area contributed by atoms with Gasteiger partial charge in [0, 0.05) is 28.0 Å². The first-order valence-corrected chi connectivity index (χ1v) is 7.35. The van der Waals surface area contributed by atoms with Gasteiger partial charge in [0.15, 0.2) is 6.29 Å². The zero-order valence-electron chi connectivity index (χ0n) is 11.6. The summed E-state index contributed by atoms with van der Waals surface area (Å²) in [6.45, 7) is 5.56. The smallest absolute Gasteiger partial charge is 0.152 e. The number of aryl methyl sites for hydroxylation is 1. The van der Waals surface area contributed by atoms with Crippen molar-refractivity contribution >= 4 is 27.9 Å². The maximum absolute atomic E-state index is 11.2. The Morgan fingerprint density at radius 1 is 1.30 bits per heavy atom. The third-order valence-corrected chi connectivity index (χ3v) is 3.63. The molecule has 0 saturated heterocycles. The predicted octanol–water partition coefficient (Wildman–Crippen LogP) is 3.99. The van der Waals surface area contributed by atoms with Crippen LogP contribution in [0.1, 0.15) is 28.7 Å². The highest BCUT2D eigenvalue weighted by atomic mass is 79.9. The van der Waals surface area contributed by atoms with Crippen molar-refractivity contribution in [1.82, 2.24) is 4.98 Å². The minimum atomic E-state index is 0.690. The molecule has 20 heavy (non-hydrogen) atoms. The standard InChI is InChI=1S/C16H17BrN2O/c1-3-19(10-15-6-4-5-12(2)18-15)16-9-14(17)8-7-13(16)11-20/h4-9,11H,3,10H2,1-2H3. The van der Waals surface area contributed by atoms with E-state index >= 15 is 0 Å². The molecule has 1 heterocycles. The number of anilines is 1. The Kier molecular flexibility index (Phi) is 4.90. The highest BCUT2D eigenvalue weighted by molar-refractivity contribution is 9.10. The molecule has 0 unspecified atom stereocenters. The highest BCUT2D eigenvalue weighted by Crippen LogP contribution is 2.25. The predicted molar refractivity (Wildman–Crippen MR) is 85.2 cm³/mol. The lowest BCUT2D eigenvalue weighted by Gasteiger charge is -2.24. The second kappa shape index (κ2) is 6.66. The van der Waals surface area contributed by atoms with E-state index in [2.05, 4.69) is 32.7 Å². The zero-order valence-corrected chi connectivity index (χ0v) is 13.2. The number of pyridine rings is 1. The van der Waals surface area contributed by atoms with Crippen LogP contribution >= 0.6 is 15.9 Å². The van der Waals surface area contributed by atoms with Crippen molar-refractivity contribution in [3.63, 3.8) is 0 Å². The molecule has 0 N–H and O–H groups in total. The van der Waals surface area contributed by atoms with Crippen LogP contribution in [0.2, 0.25) is 0 Å². The number of carbonyl (C=O) groups is 1. The fourth-order valence-electron chi connectivity index (χ4n) is 2.14. The summed E-state index contributed by atoms with van der Waals surface area (Å²) < 4.78 is 0.966. The van der Waals surface area contributed by atoms with Crippen molar-refractivity contribution in [2.24, 2.45) is 0 Å². The number of nitrogens with zero attached hydrogens (tertiary/aromatic N) is 2. The lowest BCUT2D eigenvalue weighted by molar-refractivity contribution is 0.112. The van der Waals surface area contributed by atoms with E-state index in [1.807, 2.05) is 43.3 Å². The van der Waals surface area contributed by atoms with Crippen LogP contribution in [0.4, 0.5) is 5.69 Å². The summed E-state index contributed by atoms with van der Waals surface area (Å²) in [7, 11) is 0. The molecule has 0 radical (unpaired) electrons. The Morgan fingerprint density at radius 3 is 2.75 bits per heavy atom. The SMILES string of the molecule is CCN(Cc1cccc(C)n1)c1cc(Br)ccc1C=O. The van der Waals surface area contributed by atoms with Crippen molar-refractivity contribution < 1.29 is 4.79 Å². The molecular formula is C16H17BrN2O. The van der Waals surface area contributed by atoms with Crippen molar-refractivity contribution in [3.8, 4) is 0 Å². The Hall–Kier alpha value is -1.68. The number of carbonyl (C=O) groups excluding carboxylic acids is 1. The van der Waals surface area contributed by atoms with Crippen LogP contribution in [-0.4, -0.2) is 17.8 Å². The lowest BCUT2D eigenvalue weighted by atomic mass is 10.1. The third-order valence-electron chi connectivity index (χ3n) is 3.14. The van der Waals surface area contributed by atoms with E-state index in [1.165, 1.54) is 0 Å². The molecule has 3 nitrogen and oxygen atoms in total. The number of halogens is 1. The van der Waals surface area contributed by atoms with Gasteiger partial charge in [-0.25, -0.2) is 0 Å². The van der Waals surface area contributed by atoms with Gasteiger partial charge >= 0.3 is 0 Å². The number of rotatable bonds is 5. The van der Waals surface area contributed by atoms with Crippen LogP contribution in [0.15, 0.2) is 40.9 Å². The van der Waals surface area contributed by atoms with E-state index in [9.17, 15) is 4.79 Å². The molecule has 1 aromatic carbocycles. The van der Waals surface area contributed by atoms with E-state index in [0.29, 0.717) is 12.1 Å². The Labute approximate surface area is 127 Å². The van der Waals surface area contributed by atoms with Gasteiger partial charge in [-0.05, 0) is 44.2 Å². The fourth-order valence-corrected chi connectivity index (χ4v) is 2.49. The van der Waals surface area contributed by atoms with Gasteiger partial charge in [0.1, 0.15) is 0 Å². The van der Waals surface area contributed by atoms with Crippen LogP contribution in [0.3, 0.4) is 0 Å². The molecule has 104 valence electrons. The molecule has 4 heteroatoms. The van der Waals surface area contributed by atoms with Crippen LogP contribution < -0.4 is 4.90 Å². The fraction of sp³-hybridized carbons (Fsp3) is 0.250. The van der Waals surface area contributed by atoms with Crippen LogP contribution in [0.25, 0.3) is 0 Å². The largest absolute Gasteiger partial charge is 0.365 e. The average Bonchev–Trinajstić information content (AvgIpc) is 2.45. The van der Waals surface area contributed by atoms with E-state index < -0.39 is 0 Å². The summed E-state index contributed by atoms with van der Waals surface area (Å²) in [5, 5.41) is 0. The molecule has 2 rings (SSSR count). The molecule has 2 aromatic rings. The van der Waals surface area contributed by atoms with Gasteiger partial charge in [0.05, 0.1) is 12.2 Å². The van der Waals surface area contributed by atoms with Gasteiger partial charge in [-0.3, -0.25) is 9.78 Å². The minimum absolute atomic E-state index is 0.690. The molecule has 1 aromatic heterocycles. The summed E-state index contributed by atoms with van der Waals surface area (Å²) in [6.07, 6.45) is 0.897. The first kappa shape index (κ1) is 14.7. The van der Waals surface area contributed by atoms with Gasteiger partial charge in [-0.2, -0.15) is 0 Å². The van der Waals surface area contributed by atoms with Crippen LogP contribution in [0.5, 0.6) is 0 Å². The molecule has 0 spiro atoms. The van der Waals surface area contributed by atoms with E-state index in [4.69, 9.17) is 0 Å².